The number of alkyl halides is 2. The van der Waals surface area contributed by atoms with Gasteiger partial charge in [-0.05, 0) is 25.5 Å². The molecule has 0 bridgehead atoms. The standard InChI is InChI=1S/C12H13F2N/c1-11(2,8-15)9-5-4-6-10(7-9)12(3,13)14/h4-7H,1-3H3. The first-order valence-electron chi connectivity index (χ1n) is 4.67. The molecule has 0 spiro atoms. The second-order valence-corrected chi connectivity index (χ2v) is 4.21. The van der Waals surface area contributed by atoms with Gasteiger partial charge in [-0.3, -0.25) is 0 Å². The Bertz CT molecular complexity index is 397. The second kappa shape index (κ2) is 3.62. The van der Waals surface area contributed by atoms with Crippen LogP contribution < -0.4 is 0 Å². The van der Waals surface area contributed by atoms with Crippen molar-refractivity contribution in [2.24, 2.45) is 0 Å². The minimum Gasteiger partial charge on any atom is -0.202 e. The van der Waals surface area contributed by atoms with E-state index >= 15 is 0 Å². The summed E-state index contributed by atoms with van der Waals surface area (Å²) in [6, 6.07) is 8.11. The van der Waals surface area contributed by atoms with Gasteiger partial charge in [0.2, 0.25) is 0 Å². The fourth-order valence-corrected chi connectivity index (χ4v) is 1.25. The van der Waals surface area contributed by atoms with Gasteiger partial charge in [-0.25, -0.2) is 8.78 Å². The molecule has 0 radical (unpaired) electrons. The first-order chi connectivity index (χ1) is 6.77. The number of benzene rings is 1. The van der Waals surface area contributed by atoms with Crippen LogP contribution in [-0.2, 0) is 11.3 Å². The van der Waals surface area contributed by atoms with Crippen molar-refractivity contribution in [3.63, 3.8) is 0 Å². The van der Waals surface area contributed by atoms with Crippen LogP contribution in [0, 0.1) is 11.3 Å². The summed E-state index contributed by atoms with van der Waals surface area (Å²) in [7, 11) is 0. The number of nitrogens with zero attached hydrogens (tertiary/aromatic N) is 1. The van der Waals surface area contributed by atoms with Crippen molar-refractivity contribution in [1.29, 1.82) is 5.26 Å². The minimum absolute atomic E-state index is 0.0525. The monoisotopic (exact) mass is 209 g/mol. The number of rotatable bonds is 2. The molecule has 0 heterocycles. The molecular formula is C12H13F2N. The zero-order chi connectivity index (χ0) is 11.7. The van der Waals surface area contributed by atoms with E-state index in [-0.39, 0.29) is 5.56 Å². The van der Waals surface area contributed by atoms with Crippen LogP contribution in [0.2, 0.25) is 0 Å². The van der Waals surface area contributed by atoms with Gasteiger partial charge in [0.1, 0.15) is 0 Å². The summed E-state index contributed by atoms with van der Waals surface area (Å²) in [5.41, 5.74) is -0.172. The molecule has 0 aliphatic rings. The highest BCUT2D eigenvalue weighted by Gasteiger charge is 2.27. The molecular weight excluding hydrogens is 196 g/mol. The summed E-state index contributed by atoms with van der Waals surface area (Å²) in [4.78, 5) is 0. The fourth-order valence-electron chi connectivity index (χ4n) is 1.25. The second-order valence-electron chi connectivity index (χ2n) is 4.21. The van der Waals surface area contributed by atoms with E-state index in [0.717, 1.165) is 6.92 Å². The molecule has 0 fully saturated rings. The van der Waals surface area contributed by atoms with Gasteiger partial charge in [0.05, 0.1) is 11.5 Å². The highest BCUT2D eigenvalue weighted by molar-refractivity contribution is 5.35. The van der Waals surface area contributed by atoms with Crippen molar-refractivity contribution >= 4 is 0 Å². The van der Waals surface area contributed by atoms with Crippen LogP contribution in [0.4, 0.5) is 8.78 Å². The number of nitriles is 1. The third kappa shape index (κ3) is 2.53. The molecule has 0 aromatic heterocycles. The van der Waals surface area contributed by atoms with Gasteiger partial charge in [0.25, 0.3) is 5.92 Å². The van der Waals surface area contributed by atoms with Crippen LogP contribution in [0.3, 0.4) is 0 Å². The lowest BCUT2D eigenvalue weighted by Crippen LogP contribution is -2.16. The van der Waals surface area contributed by atoms with Crippen molar-refractivity contribution in [3.8, 4) is 6.07 Å². The van der Waals surface area contributed by atoms with Crippen LogP contribution in [0.5, 0.6) is 0 Å². The van der Waals surface area contributed by atoms with E-state index in [1.807, 2.05) is 0 Å². The number of hydrogen-bond acceptors (Lipinski definition) is 1. The number of halogens is 2. The molecule has 0 saturated heterocycles. The molecule has 80 valence electrons. The Labute approximate surface area is 88.3 Å². The van der Waals surface area contributed by atoms with Crippen LogP contribution in [0.15, 0.2) is 24.3 Å². The summed E-state index contributed by atoms with van der Waals surface area (Å²) in [5.74, 6) is -2.86. The van der Waals surface area contributed by atoms with E-state index in [0.29, 0.717) is 5.56 Å². The van der Waals surface area contributed by atoms with Crippen molar-refractivity contribution in [3.05, 3.63) is 35.4 Å². The zero-order valence-electron chi connectivity index (χ0n) is 9.01. The third-order valence-corrected chi connectivity index (χ3v) is 2.37. The molecule has 0 atom stereocenters. The summed E-state index contributed by atoms with van der Waals surface area (Å²) >= 11 is 0. The molecule has 0 amide bonds. The van der Waals surface area contributed by atoms with Gasteiger partial charge < -0.3 is 0 Å². The number of hydrogen-bond donors (Lipinski definition) is 0. The SMILES string of the molecule is CC(F)(F)c1cccc(C(C)(C)C#N)c1. The van der Waals surface area contributed by atoms with Crippen molar-refractivity contribution in [2.45, 2.75) is 32.1 Å². The normalized spacial score (nSPS) is 12.3. The molecule has 15 heavy (non-hydrogen) atoms. The van der Waals surface area contributed by atoms with Gasteiger partial charge in [-0.2, -0.15) is 5.26 Å². The lowest BCUT2D eigenvalue weighted by Gasteiger charge is -2.18. The van der Waals surface area contributed by atoms with Gasteiger partial charge in [0.15, 0.2) is 0 Å². The predicted molar refractivity (Wildman–Crippen MR) is 54.6 cm³/mol. The summed E-state index contributed by atoms with van der Waals surface area (Å²) in [6.45, 7) is 4.27. The topological polar surface area (TPSA) is 23.8 Å². The van der Waals surface area contributed by atoms with Gasteiger partial charge in [-0.15, -0.1) is 0 Å². The highest BCUT2D eigenvalue weighted by Crippen LogP contribution is 2.30. The summed E-state index contributed by atoms with van der Waals surface area (Å²) in [6.07, 6.45) is 0. The molecule has 0 unspecified atom stereocenters. The Hall–Kier alpha value is -1.43. The molecule has 0 N–H and O–H groups in total. The van der Waals surface area contributed by atoms with Crippen LogP contribution in [0.1, 0.15) is 31.9 Å². The van der Waals surface area contributed by atoms with Crippen molar-refractivity contribution in [1.82, 2.24) is 0 Å². The Balaban J connectivity index is 3.22. The Kier molecular flexibility index (Phi) is 2.81. The molecule has 1 nitrogen and oxygen atoms in total. The lowest BCUT2D eigenvalue weighted by atomic mass is 9.85. The average Bonchev–Trinajstić information content (AvgIpc) is 2.17. The minimum atomic E-state index is -2.86. The van der Waals surface area contributed by atoms with Gasteiger partial charge in [0, 0.05) is 12.5 Å². The third-order valence-electron chi connectivity index (χ3n) is 2.37. The summed E-state index contributed by atoms with van der Waals surface area (Å²) < 4.78 is 26.1. The van der Waals surface area contributed by atoms with E-state index in [1.54, 1.807) is 26.0 Å². The average molecular weight is 209 g/mol. The van der Waals surface area contributed by atoms with Gasteiger partial charge in [-0.1, -0.05) is 18.2 Å². The Morgan fingerprint density at radius 2 is 1.67 bits per heavy atom. The van der Waals surface area contributed by atoms with E-state index < -0.39 is 11.3 Å². The molecule has 1 aromatic carbocycles. The quantitative estimate of drug-likeness (QED) is 0.730. The van der Waals surface area contributed by atoms with E-state index in [2.05, 4.69) is 6.07 Å². The van der Waals surface area contributed by atoms with Crippen LogP contribution in [-0.4, -0.2) is 0 Å². The molecule has 1 rings (SSSR count). The molecule has 1 aromatic rings. The molecule has 0 aliphatic carbocycles. The Morgan fingerprint density at radius 3 is 2.13 bits per heavy atom. The maximum Gasteiger partial charge on any atom is 0.270 e. The van der Waals surface area contributed by atoms with E-state index in [4.69, 9.17) is 5.26 Å². The van der Waals surface area contributed by atoms with Crippen LogP contribution >= 0.6 is 0 Å². The maximum atomic E-state index is 13.0. The zero-order valence-corrected chi connectivity index (χ0v) is 9.01. The first kappa shape index (κ1) is 11.6. The maximum absolute atomic E-state index is 13.0. The highest BCUT2D eigenvalue weighted by atomic mass is 19.3. The molecule has 0 saturated carbocycles. The first-order valence-corrected chi connectivity index (χ1v) is 4.67. The Morgan fingerprint density at radius 1 is 1.13 bits per heavy atom. The smallest absolute Gasteiger partial charge is 0.202 e. The molecule has 0 aliphatic heterocycles. The largest absolute Gasteiger partial charge is 0.270 e. The van der Waals surface area contributed by atoms with Crippen LogP contribution in [0.25, 0.3) is 0 Å². The lowest BCUT2D eigenvalue weighted by molar-refractivity contribution is 0.0173. The fraction of sp³-hybridized carbons (Fsp3) is 0.417. The molecule has 3 heteroatoms. The van der Waals surface area contributed by atoms with E-state index in [1.165, 1.54) is 12.1 Å². The summed E-state index contributed by atoms with van der Waals surface area (Å²) in [5, 5.41) is 8.90. The van der Waals surface area contributed by atoms with Crippen molar-refractivity contribution < 1.29 is 8.78 Å². The van der Waals surface area contributed by atoms with E-state index in [9.17, 15) is 8.78 Å². The predicted octanol–water partition coefficient (Wildman–Crippen LogP) is 3.60. The van der Waals surface area contributed by atoms with Crippen molar-refractivity contribution in [2.75, 3.05) is 0 Å². The van der Waals surface area contributed by atoms with Gasteiger partial charge >= 0.3 is 0 Å².